The molecule has 1 unspecified atom stereocenters. The summed E-state index contributed by atoms with van der Waals surface area (Å²) in [5, 5.41) is 9.03. The topological polar surface area (TPSA) is 83.9 Å². The molecular formula is C18H17ClN4O3. The summed E-state index contributed by atoms with van der Waals surface area (Å²) >= 11 is 5.81. The maximum absolute atomic E-state index is 12.8. The van der Waals surface area contributed by atoms with Crippen LogP contribution in [0, 0.1) is 0 Å². The van der Waals surface area contributed by atoms with Gasteiger partial charge in [-0.15, -0.1) is 0 Å². The highest BCUT2D eigenvalue weighted by atomic mass is 35.5. The number of hydrogen-bond donors (Lipinski definition) is 1. The summed E-state index contributed by atoms with van der Waals surface area (Å²) in [5.41, 5.74) is 0.913. The van der Waals surface area contributed by atoms with Crippen molar-refractivity contribution < 1.29 is 14.3 Å². The molecule has 0 aliphatic carbocycles. The van der Waals surface area contributed by atoms with Crippen molar-refractivity contribution in [1.29, 1.82) is 0 Å². The summed E-state index contributed by atoms with van der Waals surface area (Å²) in [6.45, 7) is 1.97. The maximum Gasteiger partial charge on any atom is 0.354 e. The zero-order valence-electron chi connectivity index (χ0n) is 14.1. The number of carbonyl (C=O) groups excluding carboxylic acids is 2. The Hall–Kier alpha value is -2.93. The van der Waals surface area contributed by atoms with E-state index >= 15 is 0 Å². The predicted molar refractivity (Wildman–Crippen MR) is 99.3 cm³/mol. The molecule has 1 aromatic carbocycles. The average Bonchev–Trinajstić information content (AvgIpc) is 3.10. The van der Waals surface area contributed by atoms with Crippen LogP contribution in [0.3, 0.4) is 0 Å². The third-order valence-corrected chi connectivity index (χ3v) is 3.95. The zero-order valence-corrected chi connectivity index (χ0v) is 14.8. The lowest BCUT2D eigenvalue weighted by Crippen LogP contribution is -2.39. The van der Waals surface area contributed by atoms with Gasteiger partial charge >= 0.3 is 5.97 Å². The molecule has 2 heterocycles. The van der Waals surface area contributed by atoms with Gasteiger partial charge in [-0.3, -0.25) is 9.80 Å². The van der Waals surface area contributed by atoms with Crippen LogP contribution >= 0.6 is 11.6 Å². The quantitative estimate of drug-likeness (QED) is 0.816. The maximum atomic E-state index is 12.8. The normalized spacial score (nSPS) is 16.2. The molecule has 1 N–H and O–H groups in total. The smallest absolute Gasteiger partial charge is 0.354 e. The van der Waals surface area contributed by atoms with E-state index in [-0.39, 0.29) is 24.6 Å². The minimum Gasteiger partial charge on any atom is -0.461 e. The Balaban J connectivity index is 1.82. The van der Waals surface area contributed by atoms with Crippen LogP contribution in [0.5, 0.6) is 0 Å². The molecule has 1 aliphatic rings. The lowest BCUT2D eigenvalue weighted by molar-refractivity contribution is -0.135. The molecule has 26 heavy (non-hydrogen) atoms. The number of hydrogen-bond acceptors (Lipinski definition) is 6. The largest absolute Gasteiger partial charge is 0.461 e. The van der Waals surface area contributed by atoms with Gasteiger partial charge in [-0.05, 0) is 31.2 Å². The fraction of sp³-hybridized carbons (Fsp3) is 0.222. The van der Waals surface area contributed by atoms with Gasteiger partial charge in [-0.1, -0.05) is 29.8 Å². The highest BCUT2D eigenvalue weighted by molar-refractivity contribution is 6.38. The van der Waals surface area contributed by atoms with Crippen molar-refractivity contribution in [2.75, 3.05) is 16.9 Å². The van der Waals surface area contributed by atoms with E-state index in [1.54, 1.807) is 19.1 Å². The summed E-state index contributed by atoms with van der Waals surface area (Å²) in [4.78, 5) is 28.9. The van der Waals surface area contributed by atoms with Crippen LogP contribution < -0.4 is 10.3 Å². The SMILES string of the molecule is CCOC(=O)C1=NN(c2ccccc2)C(C(=O)Nc2ccc(Cl)cn2)C1. The summed E-state index contributed by atoms with van der Waals surface area (Å²) in [6, 6.07) is 11.7. The van der Waals surface area contributed by atoms with Crippen LogP contribution in [0.4, 0.5) is 11.5 Å². The van der Waals surface area contributed by atoms with Crippen LogP contribution in [0.25, 0.3) is 0 Å². The molecule has 1 atom stereocenters. The number of amides is 1. The second-order valence-corrected chi connectivity index (χ2v) is 5.95. The predicted octanol–water partition coefficient (Wildman–Crippen LogP) is 2.87. The molecule has 8 heteroatoms. The second kappa shape index (κ2) is 7.97. The number of nitrogens with one attached hydrogen (secondary N) is 1. The molecule has 3 rings (SSSR count). The number of pyridine rings is 1. The average molecular weight is 373 g/mol. The van der Waals surface area contributed by atoms with E-state index < -0.39 is 12.0 Å². The van der Waals surface area contributed by atoms with Gasteiger partial charge in [0.05, 0.1) is 17.3 Å². The minimum atomic E-state index is -0.686. The number of carbonyl (C=O) groups is 2. The van der Waals surface area contributed by atoms with E-state index in [0.29, 0.717) is 16.5 Å². The van der Waals surface area contributed by atoms with Gasteiger partial charge in [-0.25, -0.2) is 9.78 Å². The Bertz CT molecular complexity index is 824. The number of para-hydroxylation sites is 1. The molecule has 7 nitrogen and oxygen atoms in total. The Morgan fingerprint density at radius 3 is 2.69 bits per heavy atom. The third-order valence-electron chi connectivity index (χ3n) is 3.72. The third kappa shape index (κ3) is 4.00. The number of halogens is 1. The molecule has 0 fully saturated rings. The first-order valence-corrected chi connectivity index (χ1v) is 8.47. The van der Waals surface area contributed by atoms with Crippen molar-refractivity contribution in [3.63, 3.8) is 0 Å². The Labute approximate surface area is 155 Å². The van der Waals surface area contributed by atoms with Gasteiger partial charge in [0.2, 0.25) is 0 Å². The lowest BCUT2D eigenvalue weighted by atomic mass is 10.1. The van der Waals surface area contributed by atoms with Crippen LogP contribution in [0.15, 0.2) is 53.8 Å². The fourth-order valence-corrected chi connectivity index (χ4v) is 2.64. The highest BCUT2D eigenvalue weighted by Gasteiger charge is 2.37. The van der Waals surface area contributed by atoms with Crippen molar-refractivity contribution in [1.82, 2.24) is 4.98 Å². The van der Waals surface area contributed by atoms with Gasteiger partial charge in [0.1, 0.15) is 17.6 Å². The Morgan fingerprint density at radius 1 is 1.27 bits per heavy atom. The van der Waals surface area contributed by atoms with Crippen LogP contribution in [0.1, 0.15) is 13.3 Å². The number of benzene rings is 1. The van der Waals surface area contributed by atoms with E-state index in [2.05, 4.69) is 15.4 Å². The molecule has 2 aromatic rings. The lowest BCUT2D eigenvalue weighted by Gasteiger charge is -2.22. The molecular weight excluding hydrogens is 356 g/mol. The van der Waals surface area contributed by atoms with E-state index in [0.717, 1.165) is 0 Å². The summed E-state index contributed by atoms with van der Waals surface area (Å²) in [7, 11) is 0. The van der Waals surface area contributed by atoms with Crippen molar-refractivity contribution in [2.45, 2.75) is 19.4 Å². The van der Waals surface area contributed by atoms with Gasteiger partial charge in [0.15, 0.2) is 0 Å². The molecule has 134 valence electrons. The number of rotatable bonds is 5. The molecule has 0 saturated carbocycles. The first kappa shape index (κ1) is 17.9. The molecule has 0 saturated heterocycles. The molecule has 0 radical (unpaired) electrons. The molecule has 1 aliphatic heterocycles. The van der Waals surface area contributed by atoms with Crippen LogP contribution in [-0.4, -0.2) is 35.2 Å². The first-order chi connectivity index (χ1) is 12.6. The molecule has 0 spiro atoms. The number of aromatic nitrogens is 1. The van der Waals surface area contributed by atoms with Crippen molar-refractivity contribution in [3.05, 3.63) is 53.7 Å². The number of esters is 1. The van der Waals surface area contributed by atoms with Gasteiger partial charge in [0, 0.05) is 12.6 Å². The van der Waals surface area contributed by atoms with E-state index in [1.807, 2.05) is 30.3 Å². The van der Waals surface area contributed by atoms with Crippen molar-refractivity contribution in [2.24, 2.45) is 5.10 Å². The van der Waals surface area contributed by atoms with Crippen molar-refractivity contribution in [3.8, 4) is 0 Å². The van der Waals surface area contributed by atoms with Crippen molar-refractivity contribution >= 4 is 40.7 Å². The van der Waals surface area contributed by atoms with Gasteiger partial charge in [-0.2, -0.15) is 5.10 Å². The molecule has 0 bridgehead atoms. The number of nitrogens with zero attached hydrogens (tertiary/aromatic N) is 3. The monoisotopic (exact) mass is 372 g/mol. The highest BCUT2D eigenvalue weighted by Crippen LogP contribution is 2.25. The standard InChI is InChI=1S/C18H17ClN4O3/c1-2-26-18(25)14-10-15(23(22-14)13-6-4-3-5-7-13)17(24)21-16-9-8-12(19)11-20-16/h3-9,11,15H,2,10H2,1H3,(H,20,21,24). The fourth-order valence-electron chi connectivity index (χ4n) is 2.53. The summed E-state index contributed by atoms with van der Waals surface area (Å²) in [5.74, 6) is -0.475. The van der Waals surface area contributed by atoms with E-state index in [9.17, 15) is 9.59 Å². The van der Waals surface area contributed by atoms with Gasteiger partial charge in [0.25, 0.3) is 5.91 Å². The molecule has 1 aromatic heterocycles. The minimum absolute atomic E-state index is 0.146. The van der Waals surface area contributed by atoms with Crippen LogP contribution in [0.2, 0.25) is 5.02 Å². The first-order valence-electron chi connectivity index (χ1n) is 8.09. The number of anilines is 2. The summed E-state index contributed by atoms with van der Waals surface area (Å²) < 4.78 is 5.01. The Morgan fingerprint density at radius 2 is 2.04 bits per heavy atom. The van der Waals surface area contributed by atoms with Gasteiger partial charge < -0.3 is 10.1 Å². The van der Waals surface area contributed by atoms with E-state index in [1.165, 1.54) is 11.2 Å². The molecule has 1 amide bonds. The summed E-state index contributed by atoms with van der Waals surface area (Å²) in [6.07, 6.45) is 1.59. The number of hydrazone groups is 1. The number of ether oxygens (including phenoxy) is 1. The van der Waals surface area contributed by atoms with Crippen LogP contribution in [-0.2, 0) is 14.3 Å². The Kier molecular flexibility index (Phi) is 5.48. The van der Waals surface area contributed by atoms with E-state index in [4.69, 9.17) is 16.3 Å². The zero-order chi connectivity index (χ0) is 18.5. The second-order valence-electron chi connectivity index (χ2n) is 5.52.